The highest BCUT2D eigenvalue weighted by Gasteiger charge is 2.19. The van der Waals surface area contributed by atoms with Crippen LogP contribution in [-0.4, -0.2) is 39.8 Å². The number of carbonyl (C=O) groups excluding carboxylic acids is 1. The van der Waals surface area contributed by atoms with Crippen LogP contribution in [0.5, 0.6) is 5.75 Å². The molecule has 0 spiro atoms. The molecular formula is C22H23N3O4S. The molecule has 0 atom stereocenters. The molecule has 0 aliphatic rings. The fourth-order valence-electron chi connectivity index (χ4n) is 3.06. The summed E-state index contributed by atoms with van der Waals surface area (Å²) < 4.78 is 31.0. The molecule has 0 saturated heterocycles. The maximum Gasteiger partial charge on any atom is 0.250 e. The summed E-state index contributed by atoms with van der Waals surface area (Å²) in [7, 11) is 0.978. The highest BCUT2D eigenvalue weighted by molar-refractivity contribution is 7.89. The molecule has 1 amide bonds. The van der Waals surface area contributed by atoms with Gasteiger partial charge in [0.15, 0.2) is 0 Å². The average Bonchev–Trinajstić information content (AvgIpc) is 2.73. The molecule has 3 aromatic rings. The lowest BCUT2D eigenvalue weighted by atomic mass is 9.94. The van der Waals surface area contributed by atoms with Crippen LogP contribution in [0.1, 0.15) is 10.4 Å². The van der Waals surface area contributed by atoms with Gasteiger partial charge in [-0.15, -0.1) is 0 Å². The van der Waals surface area contributed by atoms with E-state index in [4.69, 9.17) is 16.2 Å². The monoisotopic (exact) mass is 425 g/mol. The first kappa shape index (κ1) is 21.4. The van der Waals surface area contributed by atoms with Crippen LogP contribution in [0.25, 0.3) is 22.3 Å². The minimum atomic E-state index is -3.55. The second kappa shape index (κ2) is 8.17. The zero-order valence-corrected chi connectivity index (χ0v) is 17.7. The predicted octanol–water partition coefficient (Wildman–Crippen LogP) is 2.96. The van der Waals surface area contributed by atoms with E-state index in [0.29, 0.717) is 16.9 Å². The van der Waals surface area contributed by atoms with Crippen molar-refractivity contribution in [3.8, 4) is 28.0 Å². The lowest BCUT2D eigenvalue weighted by molar-refractivity contribution is 0.100. The van der Waals surface area contributed by atoms with Crippen LogP contribution in [0.4, 0.5) is 5.69 Å². The van der Waals surface area contributed by atoms with Crippen molar-refractivity contribution in [3.05, 3.63) is 66.2 Å². The standard InChI is InChI=1S/C22H23N3O4S/c1-25(2)30(27,28)18-10-6-15(7-11-18)19-12-16(13-20(21(19)23)22(24)26)14-4-8-17(29-3)9-5-14/h4-13H,23H2,1-3H3,(H2,24,26). The molecule has 0 unspecified atom stereocenters. The summed E-state index contributed by atoms with van der Waals surface area (Å²) >= 11 is 0. The molecule has 7 nitrogen and oxygen atoms in total. The minimum Gasteiger partial charge on any atom is -0.497 e. The van der Waals surface area contributed by atoms with E-state index in [-0.39, 0.29) is 16.1 Å². The van der Waals surface area contributed by atoms with Gasteiger partial charge in [0.2, 0.25) is 10.0 Å². The largest absolute Gasteiger partial charge is 0.497 e. The van der Waals surface area contributed by atoms with Gasteiger partial charge in [0.1, 0.15) is 5.75 Å². The topological polar surface area (TPSA) is 116 Å². The van der Waals surface area contributed by atoms with E-state index in [1.807, 2.05) is 30.3 Å². The van der Waals surface area contributed by atoms with E-state index < -0.39 is 15.9 Å². The molecular weight excluding hydrogens is 402 g/mol. The van der Waals surface area contributed by atoms with Crippen molar-refractivity contribution >= 4 is 21.6 Å². The summed E-state index contributed by atoms with van der Waals surface area (Å²) in [5, 5.41) is 0. The second-order valence-corrected chi connectivity index (χ2v) is 9.04. The molecule has 0 aliphatic heterocycles. The summed E-state index contributed by atoms with van der Waals surface area (Å²) in [6.07, 6.45) is 0. The van der Waals surface area contributed by atoms with E-state index >= 15 is 0 Å². The number of nitrogen functional groups attached to an aromatic ring is 1. The first-order valence-electron chi connectivity index (χ1n) is 9.06. The second-order valence-electron chi connectivity index (χ2n) is 6.89. The third kappa shape index (κ3) is 4.00. The zero-order chi connectivity index (χ0) is 22.1. The van der Waals surface area contributed by atoms with Gasteiger partial charge >= 0.3 is 0 Å². The third-order valence-electron chi connectivity index (χ3n) is 4.81. The van der Waals surface area contributed by atoms with Gasteiger partial charge in [-0.25, -0.2) is 12.7 Å². The lowest BCUT2D eigenvalue weighted by Gasteiger charge is -2.15. The van der Waals surface area contributed by atoms with Gasteiger partial charge in [-0.1, -0.05) is 24.3 Å². The summed E-state index contributed by atoms with van der Waals surface area (Å²) in [4.78, 5) is 12.2. The Morgan fingerprint density at radius 1 is 0.900 bits per heavy atom. The van der Waals surface area contributed by atoms with Crippen molar-refractivity contribution in [1.29, 1.82) is 0 Å². The van der Waals surface area contributed by atoms with Crippen molar-refractivity contribution in [2.75, 3.05) is 26.9 Å². The summed E-state index contributed by atoms with van der Waals surface area (Å²) in [5.74, 6) is 0.0677. The number of anilines is 1. The molecule has 0 radical (unpaired) electrons. The predicted molar refractivity (Wildman–Crippen MR) is 118 cm³/mol. The Hall–Kier alpha value is -3.36. The van der Waals surface area contributed by atoms with E-state index in [1.165, 1.54) is 26.2 Å². The van der Waals surface area contributed by atoms with Crippen LogP contribution in [0.3, 0.4) is 0 Å². The Balaban J connectivity index is 2.14. The van der Waals surface area contributed by atoms with Gasteiger partial charge in [-0.2, -0.15) is 0 Å². The maximum atomic E-state index is 12.3. The van der Waals surface area contributed by atoms with E-state index in [2.05, 4.69) is 0 Å². The molecule has 3 rings (SSSR count). The van der Waals surface area contributed by atoms with Crippen LogP contribution in [-0.2, 0) is 10.0 Å². The molecule has 0 aromatic heterocycles. The Morgan fingerprint density at radius 2 is 1.47 bits per heavy atom. The molecule has 156 valence electrons. The first-order valence-corrected chi connectivity index (χ1v) is 10.5. The van der Waals surface area contributed by atoms with Gasteiger partial charge in [0.05, 0.1) is 23.3 Å². The summed E-state index contributed by atoms with van der Waals surface area (Å²) in [5.41, 5.74) is 15.1. The number of amides is 1. The number of sulfonamides is 1. The highest BCUT2D eigenvalue weighted by atomic mass is 32.2. The molecule has 30 heavy (non-hydrogen) atoms. The summed E-state index contributed by atoms with van der Waals surface area (Å²) in [6.45, 7) is 0. The van der Waals surface area contributed by atoms with E-state index in [1.54, 1.807) is 25.3 Å². The van der Waals surface area contributed by atoms with E-state index in [9.17, 15) is 13.2 Å². The molecule has 0 heterocycles. The fourth-order valence-corrected chi connectivity index (χ4v) is 3.97. The quantitative estimate of drug-likeness (QED) is 0.589. The Labute approximate surface area is 175 Å². The molecule has 0 bridgehead atoms. The van der Waals surface area contributed by atoms with Gasteiger partial charge in [-0.3, -0.25) is 4.79 Å². The zero-order valence-electron chi connectivity index (χ0n) is 16.9. The Kier molecular flexibility index (Phi) is 5.82. The molecule has 0 aliphatic carbocycles. The number of benzene rings is 3. The molecule has 4 N–H and O–H groups in total. The van der Waals surface area contributed by atoms with Gasteiger partial charge < -0.3 is 16.2 Å². The Bertz CT molecular complexity index is 1190. The maximum absolute atomic E-state index is 12.3. The van der Waals surface area contributed by atoms with Crippen molar-refractivity contribution in [2.24, 2.45) is 5.73 Å². The van der Waals surface area contributed by atoms with Gasteiger partial charge in [0, 0.05) is 19.7 Å². The molecule has 0 fully saturated rings. The molecule has 3 aromatic carbocycles. The first-order chi connectivity index (χ1) is 14.1. The van der Waals surface area contributed by atoms with Gasteiger partial charge in [-0.05, 0) is 53.1 Å². The average molecular weight is 426 g/mol. The normalized spacial score (nSPS) is 11.5. The number of primary amides is 1. The number of carbonyl (C=O) groups is 1. The fraction of sp³-hybridized carbons (Fsp3) is 0.136. The number of ether oxygens (including phenoxy) is 1. The van der Waals surface area contributed by atoms with Crippen LogP contribution in [0.15, 0.2) is 65.6 Å². The van der Waals surface area contributed by atoms with Crippen LogP contribution >= 0.6 is 0 Å². The van der Waals surface area contributed by atoms with E-state index in [0.717, 1.165) is 15.4 Å². The number of rotatable bonds is 6. The van der Waals surface area contributed by atoms with Crippen LogP contribution in [0, 0.1) is 0 Å². The minimum absolute atomic E-state index is 0.163. The lowest BCUT2D eigenvalue weighted by Crippen LogP contribution is -2.22. The molecule has 8 heteroatoms. The number of nitrogens with two attached hydrogens (primary N) is 2. The Morgan fingerprint density at radius 3 is 1.97 bits per heavy atom. The smallest absolute Gasteiger partial charge is 0.250 e. The third-order valence-corrected chi connectivity index (χ3v) is 6.64. The number of methoxy groups -OCH3 is 1. The van der Waals surface area contributed by atoms with Crippen molar-refractivity contribution in [2.45, 2.75) is 4.90 Å². The summed E-state index contributed by atoms with van der Waals surface area (Å²) in [6, 6.07) is 17.2. The molecule has 0 saturated carbocycles. The highest BCUT2D eigenvalue weighted by Crippen LogP contribution is 2.35. The number of hydrogen-bond donors (Lipinski definition) is 2. The van der Waals surface area contributed by atoms with Crippen LogP contribution < -0.4 is 16.2 Å². The number of nitrogens with zero attached hydrogens (tertiary/aromatic N) is 1. The van der Waals surface area contributed by atoms with Crippen molar-refractivity contribution in [1.82, 2.24) is 4.31 Å². The number of hydrogen-bond acceptors (Lipinski definition) is 5. The van der Waals surface area contributed by atoms with Crippen LogP contribution in [0.2, 0.25) is 0 Å². The SMILES string of the molecule is COc1ccc(-c2cc(C(N)=O)c(N)c(-c3ccc(S(=O)(=O)N(C)C)cc3)c2)cc1. The van der Waals surface area contributed by atoms with Crippen molar-refractivity contribution < 1.29 is 17.9 Å². The van der Waals surface area contributed by atoms with Gasteiger partial charge in [0.25, 0.3) is 5.91 Å². The van der Waals surface area contributed by atoms with Crippen molar-refractivity contribution in [3.63, 3.8) is 0 Å².